The fourth-order valence-electron chi connectivity index (χ4n) is 2.43. The molecule has 0 fully saturated rings. The zero-order valence-corrected chi connectivity index (χ0v) is 14.3. The smallest absolute Gasteiger partial charge is 0.377 e. The quantitative estimate of drug-likeness (QED) is 0.535. The van der Waals surface area contributed by atoms with Gasteiger partial charge in [0.25, 0.3) is 11.8 Å². The van der Waals surface area contributed by atoms with E-state index in [4.69, 9.17) is 14.2 Å². The number of ether oxygens (including phenoxy) is 3. The Hall–Kier alpha value is -3.25. The van der Waals surface area contributed by atoms with Gasteiger partial charge in [0.2, 0.25) is 0 Å². The summed E-state index contributed by atoms with van der Waals surface area (Å²) in [5, 5.41) is 9.54. The highest BCUT2D eigenvalue weighted by atomic mass is 16.6. The molecule has 0 unspecified atom stereocenters. The molecule has 0 saturated heterocycles. The van der Waals surface area contributed by atoms with Gasteiger partial charge in [-0.2, -0.15) is 5.26 Å². The van der Waals surface area contributed by atoms with E-state index in [1.54, 1.807) is 6.92 Å². The van der Waals surface area contributed by atoms with Crippen LogP contribution in [0.4, 0.5) is 0 Å². The van der Waals surface area contributed by atoms with Crippen molar-refractivity contribution in [2.24, 2.45) is 0 Å². The first-order valence-corrected chi connectivity index (χ1v) is 7.66. The number of benzene rings is 1. The van der Waals surface area contributed by atoms with Gasteiger partial charge >= 0.3 is 17.7 Å². The molecule has 0 spiro atoms. The number of hydrogen-bond acceptors (Lipinski definition) is 8. The number of hydrogen-bond donors (Lipinski definition) is 0. The molecule has 2 rings (SSSR count). The van der Waals surface area contributed by atoms with Crippen LogP contribution in [-0.4, -0.2) is 54.2 Å². The second kappa shape index (κ2) is 7.33. The van der Waals surface area contributed by atoms with Crippen molar-refractivity contribution in [1.82, 2.24) is 4.90 Å². The van der Waals surface area contributed by atoms with E-state index in [-0.39, 0.29) is 17.7 Å². The number of nitrogens with zero attached hydrogens (tertiary/aromatic N) is 2. The van der Waals surface area contributed by atoms with Gasteiger partial charge in [-0.05, 0) is 26.0 Å². The van der Waals surface area contributed by atoms with Gasteiger partial charge in [-0.15, -0.1) is 0 Å². The average molecular weight is 360 g/mol. The van der Waals surface area contributed by atoms with Crippen molar-refractivity contribution in [1.29, 1.82) is 5.26 Å². The van der Waals surface area contributed by atoms with Crippen molar-refractivity contribution in [3.63, 3.8) is 0 Å². The van der Waals surface area contributed by atoms with Crippen molar-refractivity contribution in [3.8, 4) is 6.07 Å². The zero-order valence-electron chi connectivity index (χ0n) is 14.3. The van der Waals surface area contributed by atoms with Crippen LogP contribution in [0, 0.1) is 11.3 Å². The Morgan fingerprint density at radius 3 is 2.19 bits per heavy atom. The van der Waals surface area contributed by atoms with Crippen LogP contribution in [0.2, 0.25) is 0 Å². The molecular formula is C17H16N2O7. The van der Waals surface area contributed by atoms with Crippen LogP contribution in [0.25, 0.3) is 0 Å². The highest BCUT2D eigenvalue weighted by molar-refractivity contribution is 6.23. The van der Waals surface area contributed by atoms with E-state index in [1.807, 2.05) is 0 Å². The number of methoxy groups -OCH3 is 1. The Kier molecular flexibility index (Phi) is 5.38. The minimum Gasteiger partial charge on any atom is -0.463 e. The number of imide groups is 1. The fraction of sp³-hybridized carbons (Fsp3) is 0.353. The Labute approximate surface area is 149 Å². The monoisotopic (exact) mass is 360 g/mol. The maximum absolute atomic E-state index is 12.6. The van der Waals surface area contributed by atoms with E-state index < -0.39 is 35.6 Å². The van der Waals surface area contributed by atoms with Gasteiger partial charge in [0.15, 0.2) is 6.10 Å². The maximum Gasteiger partial charge on any atom is 0.377 e. The van der Waals surface area contributed by atoms with E-state index in [0.29, 0.717) is 4.90 Å². The first-order chi connectivity index (χ1) is 12.3. The van der Waals surface area contributed by atoms with Crippen LogP contribution in [0.5, 0.6) is 0 Å². The maximum atomic E-state index is 12.6. The highest BCUT2D eigenvalue weighted by Gasteiger charge is 2.57. The highest BCUT2D eigenvalue weighted by Crippen LogP contribution is 2.31. The number of amides is 2. The lowest BCUT2D eigenvalue weighted by atomic mass is 10.1. The molecule has 26 heavy (non-hydrogen) atoms. The minimum atomic E-state index is -2.67. The molecule has 0 saturated carbocycles. The number of fused-ring (bicyclic) bond motifs is 1. The molecule has 0 N–H and O–H groups in total. The van der Waals surface area contributed by atoms with Gasteiger partial charge < -0.3 is 14.2 Å². The predicted octanol–water partition coefficient (Wildman–Crippen LogP) is 0.644. The molecule has 1 aliphatic rings. The second-order valence-corrected chi connectivity index (χ2v) is 5.25. The van der Waals surface area contributed by atoms with E-state index >= 15 is 0 Å². The van der Waals surface area contributed by atoms with Crippen LogP contribution in [0.15, 0.2) is 24.3 Å². The van der Waals surface area contributed by atoms with Gasteiger partial charge in [-0.3, -0.25) is 9.59 Å². The van der Waals surface area contributed by atoms with E-state index in [9.17, 15) is 24.4 Å². The van der Waals surface area contributed by atoms with Crippen molar-refractivity contribution >= 4 is 23.8 Å². The number of rotatable bonds is 6. The Balaban J connectivity index is 2.38. The van der Waals surface area contributed by atoms with Gasteiger partial charge in [0, 0.05) is 7.11 Å². The molecule has 2 atom stereocenters. The number of carbonyl (C=O) groups excluding carboxylic acids is 4. The number of carbonyl (C=O) groups is 4. The van der Waals surface area contributed by atoms with Crippen molar-refractivity contribution in [2.45, 2.75) is 25.7 Å². The number of esters is 2. The first kappa shape index (κ1) is 19.1. The van der Waals surface area contributed by atoms with Crippen LogP contribution in [0.1, 0.15) is 34.6 Å². The average Bonchev–Trinajstić information content (AvgIpc) is 2.89. The summed E-state index contributed by atoms with van der Waals surface area (Å²) in [7, 11) is 0.975. The largest absolute Gasteiger partial charge is 0.463 e. The summed E-state index contributed by atoms with van der Waals surface area (Å²) in [5.41, 5.74) is -2.62. The zero-order chi connectivity index (χ0) is 19.5. The molecule has 1 heterocycles. The van der Waals surface area contributed by atoms with E-state index in [0.717, 1.165) is 7.11 Å². The van der Waals surface area contributed by atoms with Gasteiger partial charge in [0.1, 0.15) is 6.07 Å². The van der Waals surface area contributed by atoms with Crippen LogP contribution in [-0.2, 0) is 23.8 Å². The molecule has 0 radical (unpaired) electrons. The molecule has 1 aromatic carbocycles. The lowest BCUT2D eigenvalue weighted by Gasteiger charge is -2.31. The lowest BCUT2D eigenvalue weighted by molar-refractivity contribution is -0.185. The van der Waals surface area contributed by atoms with Gasteiger partial charge in [-0.25, -0.2) is 14.5 Å². The summed E-state index contributed by atoms with van der Waals surface area (Å²) in [5.74, 6) is -3.98. The van der Waals surface area contributed by atoms with Crippen molar-refractivity contribution in [3.05, 3.63) is 35.4 Å². The summed E-state index contributed by atoms with van der Waals surface area (Å²) >= 11 is 0. The normalized spacial score (nSPS) is 16.3. The van der Waals surface area contributed by atoms with Crippen LogP contribution < -0.4 is 0 Å². The molecule has 0 bridgehead atoms. The molecule has 1 aromatic rings. The number of nitriles is 1. The van der Waals surface area contributed by atoms with E-state index in [1.165, 1.54) is 37.3 Å². The second-order valence-electron chi connectivity index (χ2n) is 5.25. The summed E-state index contributed by atoms with van der Waals surface area (Å²) < 4.78 is 14.6. The summed E-state index contributed by atoms with van der Waals surface area (Å²) in [4.78, 5) is 49.7. The summed E-state index contributed by atoms with van der Waals surface area (Å²) in [6.45, 7) is 2.86. The minimum absolute atomic E-state index is 0.0282. The van der Waals surface area contributed by atoms with Crippen molar-refractivity contribution < 1.29 is 33.4 Å². The third-order valence-corrected chi connectivity index (χ3v) is 3.73. The van der Waals surface area contributed by atoms with Gasteiger partial charge in [-0.1, -0.05) is 12.1 Å². The standard InChI is InChI=1S/C17H16N2O7/c1-4-25-15(22)10(2)26-16(23)17(9-18,24-3)19-13(20)11-7-5-6-8-12(11)14(19)21/h5-8,10H,4H2,1-3H3/t10-,17-/m0/s1. The molecule has 2 amide bonds. The molecule has 9 heteroatoms. The summed E-state index contributed by atoms with van der Waals surface area (Å²) in [6, 6.07) is 7.37. The third-order valence-electron chi connectivity index (χ3n) is 3.73. The SMILES string of the molecule is CCOC(=O)[C@H](C)OC(=O)[C@](C#N)(OC)N1C(=O)c2ccccc2C1=O. The fourth-order valence-corrected chi connectivity index (χ4v) is 2.43. The third kappa shape index (κ3) is 2.91. The van der Waals surface area contributed by atoms with Crippen molar-refractivity contribution in [2.75, 3.05) is 13.7 Å². The summed E-state index contributed by atoms with van der Waals surface area (Å²) in [6.07, 6.45) is -1.36. The molecule has 136 valence electrons. The van der Waals surface area contributed by atoms with E-state index in [2.05, 4.69) is 0 Å². The molecule has 1 aliphatic heterocycles. The molecule has 0 aliphatic carbocycles. The van der Waals surface area contributed by atoms with Crippen LogP contribution in [0.3, 0.4) is 0 Å². The molecular weight excluding hydrogens is 344 g/mol. The Bertz CT molecular complexity index is 779. The predicted molar refractivity (Wildman–Crippen MR) is 84.5 cm³/mol. The molecule has 0 aromatic heterocycles. The topological polar surface area (TPSA) is 123 Å². The lowest BCUT2D eigenvalue weighted by Crippen LogP contribution is -2.59. The first-order valence-electron chi connectivity index (χ1n) is 7.66. The van der Waals surface area contributed by atoms with Gasteiger partial charge in [0.05, 0.1) is 17.7 Å². The Morgan fingerprint density at radius 2 is 1.77 bits per heavy atom. The Morgan fingerprint density at radius 1 is 1.23 bits per heavy atom. The van der Waals surface area contributed by atoms with Crippen LogP contribution >= 0.6 is 0 Å². The molecule has 9 nitrogen and oxygen atoms in total.